The summed E-state index contributed by atoms with van der Waals surface area (Å²) in [7, 11) is 1.62. The van der Waals surface area contributed by atoms with Crippen molar-refractivity contribution in [2.45, 2.75) is 32.7 Å². The highest BCUT2D eigenvalue weighted by atomic mass is 16.4. The maximum atomic E-state index is 12.0. The maximum absolute atomic E-state index is 12.0. The van der Waals surface area contributed by atoms with Crippen LogP contribution in [0.25, 0.3) is 0 Å². The Bertz CT molecular complexity index is 460. The summed E-state index contributed by atoms with van der Waals surface area (Å²) in [5.41, 5.74) is 1.78. The molecule has 19 heavy (non-hydrogen) atoms. The molecule has 1 aromatic carbocycles. The Hall–Kier alpha value is -2.04. The van der Waals surface area contributed by atoms with Crippen LogP contribution in [0.1, 0.15) is 25.3 Å². The van der Waals surface area contributed by atoms with Crippen molar-refractivity contribution in [3.8, 4) is 0 Å². The fraction of sp³-hybridized carbons (Fsp3) is 0.429. The number of nitrogens with zero attached hydrogens (tertiary/aromatic N) is 1. The van der Waals surface area contributed by atoms with E-state index in [4.69, 9.17) is 5.11 Å². The highest BCUT2D eigenvalue weighted by molar-refractivity contribution is 5.94. The molecule has 0 unspecified atom stereocenters. The lowest BCUT2D eigenvalue weighted by atomic mass is 10.2. The van der Waals surface area contributed by atoms with Crippen molar-refractivity contribution in [3.05, 3.63) is 29.8 Å². The van der Waals surface area contributed by atoms with Gasteiger partial charge < -0.3 is 10.4 Å². The number of aryl methyl sites for hydroxylation is 1. The van der Waals surface area contributed by atoms with Crippen LogP contribution in [-0.4, -0.2) is 30.2 Å². The average molecular weight is 264 g/mol. The molecule has 104 valence electrons. The first-order valence-corrected chi connectivity index (χ1v) is 6.29. The van der Waals surface area contributed by atoms with Gasteiger partial charge in [-0.2, -0.15) is 0 Å². The number of benzene rings is 1. The van der Waals surface area contributed by atoms with E-state index in [0.29, 0.717) is 12.8 Å². The minimum Gasteiger partial charge on any atom is -0.480 e. The fourth-order valence-corrected chi connectivity index (χ4v) is 1.75. The molecule has 0 aliphatic carbocycles. The molecule has 1 rings (SSSR count). The van der Waals surface area contributed by atoms with E-state index in [0.717, 1.165) is 11.3 Å². The smallest absolute Gasteiger partial charge is 0.326 e. The van der Waals surface area contributed by atoms with Gasteiger partial charge in [0.15, 0.2) is 0 Å². The van der Waals surface area contributed by atoms with Crippen molar-refractivity contribution >= 4 is 17.7 Å². The van der Waals surface area contributed by atoms with Crippen molar-refractivity contribution in [1.82, 2.24) is 5.32 Å². The Kier molecular flexibility index (Phi) is 5.36. The Labute approximate surface area is 113 Å². The summed E-state index contributed by atoms with van der Waals surface area (Å²) < 4.78 is 0. The average Bonchev–Trinajstić information content (AvgIpc) is 2.37. The van der Waals surface area contributed by atoms with Gasteiger partial charge in [-0.05, 0) is 31.0 Å². The topological polar surface area (TPSA) is 69.6 Å². The van der Waals surface area contributed by atoms with Gasteiger partial charge in [0.1, 0.15) is 6.04 Å². The van der Waals surface area contributed by atoms with Gasteiger partial charge in [-0.3, -0.25) is 4.90 Å². The molecule has 0 spiro atoms. The van der Waals surface area contributed by atoms with Crippen LogP contribution in [0.3, 0.4) is 0 Å². The summed E-state index contributed by atoms with van der Waals surface area (Å²) in [6, 6.07) is 6.22. The number of carboxylic acids is 1. The lowest BCUT2D eigenvalue weighted by Gasteiger charge is -2.21. The zero-order valence-electron chi connectivity index (χ0n) is 11.5. The van der Waals surface area contributed by atoms with Crippen molar-refractivity contribution in [1.29, 1.82) is 0 Å². The predicted molar refractivity (Wildman–Crippen MR) is 74.4 cm³/mol. The zero-order chi connectivity index (χ0) is 14.4. The van der Waals surface area contributed by atoms with Gasteiger partial charge in [0.25, 0.3) is 0 Å². The van der Waals surface area contributed by atoms with Crippen LogP contribution in [0.2, 0.25) is 0 Å². The molecular formula is C14H20N2O3. The van der Waals surface area contributed by atoms with Gasteiger partial charge in [0.2, 0.25) is 0 Å². The van der Waals surface area contributed by atoms with E-state index in [9.17, 15) is 9.59 Å². The zero-order valence-corrected chi connectivity index (χ0v) is 11.5. The standard InChI is InChI=1S/C14H20N2O3/c1-4-6-12(13(17)18)15-14(19)16(3)11-8-5-7-10(2)9-11/h5,7-9,12H,4,6H2,1-3H3,(H,15,19)(H,17,18)/t12-/m0/s1. The van der Waals surface area contributed by atoms with E-state index in [-0.39, 0.29) is 0 Å². The second kappa shape index (κ2) is 6.78. The summed E-state index contributed by atoms with van der Waals surface area (Å²) in [6.45, 7) is 3.82. The summed E-state index contributed by atoms with van der Waals surface area (Å²) in [5.74, 6) is -1.01. The molecule has 1 aromatic rings. The van der Waals surface area contributed by atoms with Crippen LogP contribution in [0, 0.1) is 6.92 Å². The van der Waals surface area contributed by atoms with Gasteiger partial charge in [-0.15, -0.1) is 0 Å². The van der Waals surface area contributed by atoms with Crippen molar-refractivity contribution in [3.63, 3.8) is 0 Å². The van der Waals surface area contributed by atoms with Gasteiger partial charge in [-0.1, -0.05) is 25.5 Å². The molecular weight excluding hydrogens is 244 g/mol. The van der Waals surface area contributed by atoms with Crippen molar-refractivity contribution < 1.29 is 14.7 Å². The third-order valence-electron chi connectivity index (χ3n) is 2.87. The Morgan fingerprint density at radius 1 is 1.42 bits per heavy atom. The fourth-order valence-electron chi connectivity index (χ4n) is 1.75. The molecule has 0 fully saturated rings. The van der Waals surface area contributed by atoms with Crippen LogP contribution in [0.15, 0.2) is 24.3 Å². The monoisotopic (exact) mass is 264 g/mol. The predicted octanol–water partition coefficient (Wildman–Crippen LogP) is 2.39. The number of rotatable bonds is 5. The number of anilines is 1. The number of amides is 2. The number of aliphatic carboxylic acids is 1. The summed E-state index contributed by atoms with van der Waals surface area (Å²) in [4.78, 5) is 24.4. The van der Waals surface area contributed by atoms with E-state index in [2.05, 4.69) is 5.32 Å². The molecule has 0 aliphatic heterocycles. The van der Waals surface area contributed by atoms with Crippen LogP contribution >= 0.6 is 0 Å². The van der Waals surface area contributed by atoms with Gasteiger partial charge in [0.05, 0.1) is 0 Å². The van der Waals surface area contributed by atoms with Gasteiger partial charge in [0, 0.05) is 12.7 Å². The molecule has 0 bridgehead atoms. The third kappa shape index (κ3) is 4.28. The normalized spacial score (nSPS) is 11.7. The highest BCUT2D eigenvalue weighted by Gasteiger charge is 2.21. The molecule has 0 saturated carbocycles. The Balaban J connectivity index is 2.74. The summed E-state index contributed by atoms with van der Waals surface area (Å²) in [6.07, 6.45) is 1.12. The van der Waals surface area contributed by atoms with E-state index >= 15 is 0 Å². The van der Waals surface area contributed by atoms with Crippen LogP contribution in [-0.2, 0) is 4.79 Å². The van der Waals surface area contributed by atoms with E-state index < -0.39 is 18.0 Å². The molecule has 0 saturated heterocycles. The van der Waals surface area contributed by atoms with Gasteiger partial charge >= 0.3 is 12.0 Å². The minimum absolute atomic E-state index is 0.411. The second-order valence-corrected chi connectivity index (χ2v) is 4.53. The lowest BCUT2D eigenvalue weighted by molar-refractivity contribution is -0.139. The lowest BCUT2D eigenvalue weighted by Crippen LogP contribution is -2.46. The number of hydrogen-bond acceptors (Lipinski definition) is 2. The highest BCUT2D eigenvalue weighted by Crippen LogP contribution is 2.14. The summed E-state index contributed by atoms with van der Waals surface area (Å²) >= 11 is 0. The molecule has 0 heterocycles. The number of hydrogen-bond donors (Lipinski definition) is 2. The molecule has 5 heteroatoms. The molecule has 2 N–H and O–H groups in total. The number of nitrogens with one attached hydrogen (secondary N) is 1. The first-order valence-electron chi connectivity index (χ1n) is 6.29. The third-order valence-corrected chi connectivity index (χ3v) is 2.87. The Morgan fingerprint density at radius 3 is 2.63 bits per heavy atom. The van der Waals surface area contributed by atoms with Crippen LogP contribution in [0.4, 0.5) is 10.5 Å². The van der Waals surface area contributed by atoms with Crippen LogP contribution < -0.4 is 10.2 Å². The molecule has 0 aliphatic rings. The van der Waals surface area contributed by atoms with E-state index in [1.165, 1.54) is 4.90 Å². The van der Waals surface area contributed by atoms with Crippen LogP contribution in [0.5, 0.6) is 0 Å². The number of carbonyl (C=O) groups is 2. The second-order valence-electron chi connectivity index (χ2n) is 4.53. The SMILES string of the molecule is CCC[C@H](NC(=O)N(C)c1cccc(C)c1)C(=O)O. The quantitative estimate of drug-likeness (QED) is 0.858. The van der Waals surface area contributed by atoms with E-state index in [1.807, 2.05) is 38.1 Å². The number of carboxylic acid groups (broad SMARTS) is 1. The largest absolute Gasteiger partial charge is 0.480 e. The van der Waals surface area contributed by atoms with Gasteiger partial charge in [-0.25, -0.2) is 9.59 Å². The van der Waals surface area contributed by atoms with E-state index in [1.54, 1.807) is 7.05 Å². The molecule has 0 radical (unpaired) electrons. The summed E-state index contributed by atoms with van der Waals surface area (Å²) in [5, 5.41) is 11.5. The number of carbonyl (C=O) groups excluding carboxylic acids is 1. The van der Waals surface area contributed by atoms with Crippen molar-refractivity contribution in [2.24, 2.45) is 0 Å². The molecule has 0 aromatic heterocycles. The molecule has 1 atom stereocenters. The first-order chi connectivity index (χ1) is 8.95. The number of urea groups is 1. The maximum Gasteiger partial charge on any atom is 0.326 e. The minimum atomic E-state index is -1.01. The van der Waals surface area contributed by atoms with Crippen molar-refractivity contribution in [2.75, 3.05) is 11.9 Å². The molecule has 2 amide bonds. The Morgan fingerprint density at radius 2 is 2.11 bits per heavy atom. The first kappa shape index (κ1) is 15.0. The molecule has 5 nitrogen and oxygen atoms in total.